The summed E-state index contributed by atoms with van der Waals surface area (Å²) in [5.74, 6) is 0. The molecule has 96 valence electrons. The monoisotopic (exact) mass is 271 g/mol. The third-order valence-electron chi connectivity index (χ3n) is 2.84. The zero-order valence-corrected chi connectivity index (χ0v) is 11.3. The average Bonchev–Trinajstić information content (AvgIpc) is 2.83. The zero-order valence-electron chi connectivity index (χ0n) is 10.4. The lowest BCUT2D eigenvalue weighted by Gasteiger charge is -2.08. The maximum Gasteiger partial charge on any atom is 0.197 e. The van der Waals surface area contributed by atoms with E-state index in [1.54, 1.807) is 6.33 Å². The van der Waals surface area contributed by atoms with Crippen LogP contribution in [0.5, 0.6) is 0 Å². The van der Waals surface area contributed by atoms with Crippen LogP contribution < -0.4 is 5.73 Å². The number of aryl methyl sites for hydroxylation is 1. The summed E-state index contributed by atoms with van der Waals surface area (Å²) < 4.78 is 1.86. The Hall–Kier alpha value is -1.92. The predicted molar refractivity (Wildman–Crippen MR) is 74.8 cm³/mol. The molecule has 0 radical (unpaired) electrons. The molecule has 5 nitrogen and oxygen atoms in total. The summed E-state index contributed by atoms with van der Waals surface area (Å²) >= 11 is 1.49. The van der Waals surface area contributed by atoms with Gasteiger partial charge in [0, 0.05) is 19.0 Å². The van der Waals surface area contributed by atoms with Crippen LogP contribution in [0, 0.1) is 0 Å². The number of para-hydroxylation sites is 1. The Morgan fingerprint density at radius 3 is 2.89 bits per heavy atom. The van der Waals surface area contributed by atoms with E-state index in [1.807, 2.05) is 35.9 Å². The van der Waals surface area contributed by atoms with E-state index < -0.39 is 0 Å². The number of rotatable bonds is 3. The van der Waals surface area contributed by atoms with Crippen molar-refractivity contribution in [2.45, 2.75) is 16.7 Å². The summed E-state index contributed by atoms with van der Waals surface area (Å²) in [6, 6.07) is 10.1. The summed E-state index contributed by atoms with van der Waals surface area (Å²) in [5, 5.41) is 10.7. The molecule has 0 unspecified atom stereocenters. The highest BCUT2D eigenvalue weighted by molar-refractivity contribution is 7.99. The summed E-state index contributed by atoms with van der Waals surface area (Å²) in [6.45, 7) is 0.456. The average molecular weight is 271 g/mol. The van der Waals surface area contributed by atoms with Gasteiger partial charge in [0.2, 0.25) is 0 Å². The van der Waals surface area contributed by atoms with Crippen molar-refractivity contribution in [3.63, 3.8) is 0 Å². The van der Waals surface area contributed by atoms with E-state index in [9.17, 15) is 0 Å². The van der Waals surface area contributed by atoms with E-state index in [2.05, 4.69) is 21.2 Å². The van der Waals surface area contributed by atoms with E-state index in [-0.39, 0.29) is 0 Å². The van der Waals surface area contributed by atoms with Crippen molar-refractivity contribution in [1.82, 2.24) is 19.7 Å². The second kappa shape index (κ2) is 4.99. The Bertz CT molecular complexity index is 722. The van der Waals surface area contributed by atoms with E-state index in [4.69, 9.17) is 5.73 Å². The second-order valence-electron chi connectivity index (χ2n) is 4.18. The fourth-order valence-electron chi connectivity index (χ4n) is 1.83. The first-order valence-electron chi connectivity index (χ1n) is 5.88. The lowest BCUT2D eigenvalue weighted by Crippen LogP contribution is -2.01. The summed E-state index contributed by atoms with van der Waals surface area (Å²) in [4.78, 5) is 4.66. The first kappa shape index (κ1) is 12.1. The Balaban J connectivity index is 2.09. The maximum atomic E-state index is 5.81. The van der Waals surface area contributed by atoms with Crippen LogP contribution in [0.3, 0.4) is 0 Å². The molecule has 6 heteroatoms. The fraction of sp³-hybridized carbons (Fsp3) is 0.154. The third kappa shape index (κ3) is 2.32. The van der Waals surface area contributed by atoms with Gasteiger partial charge in [-0.15, -0.1) is 10.2 Å². The van der Waals surface area contributed by atoms with Crippen molar-refractivity contribution < 1.29 is 0 Å². The van der Waals surface area contributed by atoms with Crippen LogP contribution >= 0.6 is 11.8 Å². The Morgan fingerprint density at radius 2 is 2.16 bits per heavy atom. The van der Waals surface area contributed by atoms with Gasteiger partial charge in [-0.25, -0.2) is 4.98 Å². The molecule has 1 aromatic carbocycles. The SMILES string of the molecule is Cn1cnnc1Sc1nc2ccccc2cc1CN. The molecule has 0 bridgehead atoms. The van der Waals surface area contributed by atoms with Crippen molar-refractivity contribution in [2.75, 3.05) is 0 Å². The highest BCUT2D eigenvalue weighted by atomic mass is 32.2. The highest BCUT2D eigenvalue weighted by Gasteiger charge is 2.10. The van der Waals surface area contributed by atoms with Gasteiger partial charge in [-0.3, -0.25) is 0 Å². The molecule has 0 saturated heterocycles. The van der Waals surface area contributed by atoms with Crippen LogP contribution in [0.1, 0.15) is 5.56 Å². The molecule has 0 aliphatic rings. The molecule has 2 N–H and O–H groups in total. The summed E-state index contributed by atoms with van der Waals surface area (Å²) in [6.07, 6.45) is 1.67. The molecule has 3 rings (SSSR count). The standard InChI is InChI=1S/C13H13N5S/c1-18-8-15-17-13(18)19-12-10(7-14)6-9-4-2-3-5-11(9)16-12/h2-6,8H,7,14H2,1H3. The van der Waals surface area contributed by atoms with Crippen LogP contribution in [0.4, 0.5) is 0 Å². The molecular weight excluding hydrogens is 258 g/mol. The number of fused-ring (bicyclic) bond motifs is 1. The van der Waals surface area contributed by atoms with Crippen molar-refractivity contribution in [1.29, 1.82) is 0 Å². The van der Waals surface area contributed by atoms with Gasteiger partial charge in [0.15, 0.2) is 5.16 Å². The number of nitrogens with zero attached hydrogens (tertiary/aromatic N) is 4. The van der Waals surface area contributed by atoms with Gasteiger partial charge < -0.3 is 10.3 Å². The van der Waals surface area contributed by atoms with Gasteiger partial charge in [-0.2, -0.15) is 0 Å². The molecule has 19 heavy (non-hydrogen) atoms. The molecule has 0 spiro atoms. The number of aromatic nitrogens is 4. The lowest BCUT2D eigenvalue weighted by atomic mass is 10.1. The second-order valence-corrected chi connectivity index (χ2v) is 5.13. The van der Waals surface area contributed by atoms with Gasteiger partial charge in [0.05, 0.1) is 5.52 Å². The molecule has 0 amide bonds. The Labute approximate surface area is 114 Å². The summed E-state index contributed by atoms with van der Waals surface area (Å²) in [7, 11) is 1.91. The van der Waals surface area contributed by atoms with E-state index in [1.165, 1.54) is 11.8 Å². The van der Waals surface area contributed by atoms with Gasteiger partial charge in [-0.05, 0) is 29.5 Å². The molecule has 0 fully saturated rings. The minimum Gasteiger partial charge on any atom is -0.326 e. The lowest BCUT2D eigenvalue weighted by molar-refractivity contribution is 0.786. The minimum atomic E-state index is 0.456. The number of hydrogen-bond acceptors (Lipinski definition) is 5. The van der Waals surface area contributed by atoms with Crippen molar-refractivity contribution >= 4 is 22.7 Å². The molecule has 0 aliphatic heterocycles. The van der Waals surface area contributed by atoms with Crippen LogP contribution in [0.2, 0.25) is 0 Å². The molecule has 0 saturated carbocycles. The number of nitrogens with two attached hydrogens (primary N) is 1. The van der Waals surface area contributed by atoms with Crippen LogP contribution in [0.15, 0.2) is 46.8 Å². The molecule has 2 aromatic heterocycles. The minimum absolute atomic E-state index is 0.456. The fourth-order valence-corrected chi connectivity index (χ4v) is 2.70. The van der Waals surface area contributed by atoms with E-state index in [0.29, 0.717) is 6.54 Å². The smallest absolute Gasteiger partial charge is 0.197 e. The van der Waals surface area contributed by atoms with Crippen LogP contribution in [-0.4, -0.2) is 19.7 Å². The number of pyridine rings is 1. The largest absolute Gasteiger partial charge is 0.326 e. The first-order valence-corrected chi connectivity index (χ1v) is 6.70. The first-order chi connectivity index (χ1) is 9.28. The van der Waals surface area contributed by atoms with Crippen LogP contribution in [0.25, 0.3) is 10.9 Å². The highest BCUT2D eigenvalue weighted by Crippen LogP contribution is 2.29. The van der Waals surface area contributed by atoms with Gasteiger partial charge >= 0.3 is 0 Å². The normalized spacial score (nSPS) is 11.1. The van der Waals surface area contributed by atoms with E-state index in [0.717, 1.165) is 26.6 Å². The predicted octanol–water partition coefficient (Wildman–Crippen LogP) is 1.97. The zero-order chi connectivity index (χ0) is 13.2. The van der Waals surface area contributed by atoms with Crippen molar-refractivity contribution in [3.8, 4) is 0 Å². The molecule has 0 atom stereocenters. The topological polar surface area (TPSA) is 69.6 Å². The molecule has 3 aromatic rings. The Kier molecular flexibility index (Phi) is 3.18. The van der Waals surface area contributed by atoms with Crippen molar-refractivity contribution in [3.05, 3.63) is 42.2 Å². The summed E-state index contributed by atoms with van der Waals surface area (Å²) in [5.41, 5.74) is 7.79. The van der Waals surface area contributed by atoms with Gasteiger partial charge in [0.25, 0.3) is 0 Å². The van der Waals surface area contributed by atoms with Gasteiger partial charge in [0.1, 0.15) is 11.4 Å². The number of hydrogen-bond donors (Lipinski definition) is 1. The van der Waals surface area contributed by atoms with E-state index >= 15 is 0 Å². The quantitative estimate of drug-likeness (QED) is 0.788. The number of benzene rings is 1. The molecule has 2 heterocycles. The van der Waals surface area contributed by atoms with Crippen LogP contribution in [-0.2, 0) is 13.6 Å². The Morgan fingerprint density at radius 1 is 1.32 bits per heavy atom. The molecule has 0 aliphatic carbocycles. The maximum absolute atomic E-state index is 5.81. The molecular formula is C13H13N5S. The van der Waals surface area contributed by atoms with Gasteiger partial charge in [-0.1, -0.05) is 18.2 Å². The van der Waals surface area contributed by atoms with Crippen molar-refractivity contribution in [2.24, 2.45) is 12.8 Å². The third-order valence-corrected chi connectivity index (χ3v) is 3.94.